The lowest BCUT2D eigenvalue weighted by Crippen LogP contribution is -2.30. The maximum atomic E-state index is 12.5. The van der Waals surface area contributed by atoms with Crippen LogP contribution in [0, 0.1) is 13.8 Å². The zero-order valence-corrected chi connectivity index (χ0v) is 15.4. The van der Waals surface area contributed by atoms with Gasteiger partial charge in [-0.05, 0) is 62.4 Å². The molecule has 2 aromatic rings. The first kappa shape index (κ1) is 19.0. The number of nitrogens with one attached hydrogen (secondary N) is 3. The summed E-state index contributed by atoms with van der Waals surface area (Å²) in [5.74, 6) is -0.235. The summed E-state index contributed by atoms with van der Waals surface area (Å²) in [4.78, 5) is 12.1. The Kier molecular flexibility index (Phi) is 6.17. The van der Waals surface area contributed by atoms with Crippen LogP contribution in [-0.2, 0) is 10.0 Å². The molecule has 0 saturated carbocycles. The summed E-state index contributed by atoms with van der Waals surface area (Å²) in [7, 11) is -1.91. The Labute approximate surface area is 148 Å². The zero-order chi connectivity index (χ0) is 18.4. The van der Waals surface area contributed by atoms with Gasteiger partial charge in [0.05, 0.1) is 10.6 Å². The van der Waals surface area contributed by atoms with Crippen LogP contribution in [0.5, 0.6) is 0 Å². The molecule has 25 heavy (non-hydrogen) atoms. The number of amides is 1. The Hall–Kier alpha value is -2.38. The van der Waals surface area contributed by atoms with Gasteiger partial charge >= 0.3 is 0 Å². The predicted octanol–water partition coefficient (Wildman–Crippen LogP) is 2.05. The molecule has 3 N–H and O–H groups in total. The van der Waals surface area contributed by atoms with Crippen LogP contribution in [0.2, 0.25) is 0 Å². The lowest BCUT2D eigenvalue weighted by Gasteiger charge is -2.12. The van der Waals surface area contributed by atoms with Crippen LogP contribution in [0.25, 0.3) is 0 Å². The van der Waals surface area contributed by atoms with Gasteiger partial charge in [0, 0.05) is 18.7 Å². The molecule has 0 saturated heterocycles. The van der Waals surface area contributed by atoms with E-state index in [4.69, 9.17) is 0 Å². The number of hydrogen-bond donors (Lipinski definition) is 3. The molecule has 6 nitrogen and oxygen atoms in total. The van der Waals surface area contributed by atoms with Crippen molar-refractivity contribution in [3.8, 4) is 0 Å². The summed E-state index contributed by atoms with van der Waals surface area (Å²) in [6.45, 7) is 4.96. The highest BCUT2D eigenvalue weighted by molar-refractivity contribution is 7.92. The van der Waals surface area contributed by atoms with Crippen LogP contribution >= 0.6 is 0 Å². The standard InChI is InChI=1S/C18H23N3O3S/c1-13-5-4-6-17(14(13)2)21-25(23,24)16-9-7-15(8-10-16)18(22)20-12-11-19-3/h4-10,19,21H,11-12H2,1-3H3,(H,20,22). The van der Waals surface area contributed by atoms with E-state index >= 15 is 0 Å². The fourth-order valence-corrected chi connectivity index (χ4v) is 3.38. The van der Waals surface area contributed by atoms with Gasteiger partial charge in [-0.3, -0.25) is 9.52 Å². The molecule has 0 unspecified atom stereocenters. The van der Waals surface area contributed by atoms with Crippen LogP contribution in [-0.4, -0.2) is 34.5 Å². The number of rotatable bonds is 7. The molecule has 0 aromatic heterocycles. The van der Waals surface area contributed by atoms with Gasteiger partial charge in [0.1, 0.15) is 0 Å². The summed E-state index contributed by atoms with van der Waals surface area (Å²) in [6, 6.07) is 11.3. The number of benzene rings is 2. The van der Waals surface area contributed by atoms with E-state index in [0.29, 0.717) is 24.3 Å². The first-order valence-electron chi connectivity index (χ1n) is 7.97. The monoisotopic (exact) mass is 361 g/mol. The Morgan fingerprint density at radius 2 is 1.68 bits per heavy atom. The van der Waals surface area contributed by atoms with E-state index < -0.39 is 10.0 Å². The zero-order valence-electron chi connectivity index (χ0n) is 14.6. The second-order valence-corrected chi connectivity index (χ2v) is 7.42. The Balaban J connectivity index is 2.15. The van der Waals surface area contributed by atoms with E-state index in [1.165, 1.54) is 24.3 Å². The van der Waals surface area contributed by atoms with Gasteiger partial charge in [-0.1, -0.05) is 12.1 Å². The minimum Gasteiger partial charge on any atom is -0.351 e. The van der Waals surface area contributed by atoms with Crippen molar-refractivity contribution in [2.45, 2.75) is 18.7 Å². The largest absolute Gasteiger partial charge is 0.351 e. The third kappa shape index (κ3) is 4.80. The highest BCUT2D eigenvalue weighted by Crippen LogP contribution is 2.22. The van der Waals surface area contributed by atoms with Gasteiger partial charge in [0.15, 0.2) is 0 Å². The van der Waals surface area contributed by atoms with Crippen molar-refractivity contribution in [2.24, 2.45) is 0 Å². The van der Waals surface area contributed by atoms with E-state index in [9.17, 15) is 13.2 Å². The third-order valence-corrected chi connectivity index (χ3v) is 5.32. The van der Waals surface area contributed by atoms with Crippen molar-refractivity contribution in [3.05, 3.63) is 59.2 Å². The molecule has 0 bridgehead atoms. The summed E-state index contributed by atoms with van der Waals surface area (Å²) in [5.41, 5.74) is 2.86. The van der Waals surface area contributed by atoms with Gasteiger partial charge in [-0.25, -0.2) is 8.42 Å². The number of anilines is 1. The summed E-state index contributed by atoms with van der Waals surface area (Å²) < 4.78 is 27.7. The molecule has 0 aliphatic rings. The molecule has 2 aromatic carbocycles. The molecule has 0 spiro atoms. The Bertz CT molecular complexity index is 846. The quantitative estimate of drug-likeness (QED) is 0.659. The van der Waals surface area contributed by atoms with Crippen molar-refractivity contribution in [1.29, 1.82) is 0 Å². The third-order valence-electron chi connectivity index (χ3n) is 3.94. The summed E-state index contributed by atoms with van der Waals surface area (Å²) >= 11 is 0. The van der Waals surface area contributed by atoms with E-state index in [-0.39, 0.29) is 10.8 Å². The molecular formula is C18H23N3O3S. The van der Waals surface area contributed by atoms with E-state index in [1.807, 2.05) is 19.9 Å². The van der Waals surface area contributed by atoms with E-state index in [2.05, 4.69) is 15.4 Å². The normalized spacial score (nSPS) is 11.2. The maximum Gasteiger partial charge on any atom is 0.261 e. The van der Waals surface area contributed by atoms with Crippen LogP contribution in [0.4, 0.5) is 5.69 Å². The van der Waals surface area contributed by atoms with Crippen molar-refractivity contribution in [3.63, 3.8) is 0 Å². The number of likely N-dealkylation sites (N-methyl/N-ethyl adjacent to an activating group) is 1. The maximum absolute atomic E-state index is 12.5. The molecule has 7 heteroatoms. The van der Waals surface area contributed by atoms with Crippen molar-refractivity contribution < 1.29 is 13.2 Å². The Morgan fingerprint density at radius 3 is 2.32 bits per heavy atom. The molecule has 0 radical (unpaired) electrons. The summed E-state index contributed by atoms with van der Waals surface area (Å²) in [5, 5.41) is 5.68. The van der Waals surface area contributed by atoms with Gasteiger partial charge < -0.3 is 10.6 Å². The smallest absolute Gasteiger partial charge is 0.261 e. The lowest BCUT2D eigenvalue weighted by atomic mass is 10.1. The highest BCUT2D eigenvalue weighted by atomic mass is 32.2. The molecule has 0 aliphatic heterocycles. The molecule has 0 fully saturated rings. The van der Waals surface area contributed by atoms with Crippen LogP contribution in [0.1, 0.15) is 21.5 Å². The van der Waals surface area contributed by atoms with Gasteiger partial charge in [0.25, 0.3) is 15.9 Å². The van der Waals surface area contributed by atoms with Crippen molar-refractivity contribution >= 4 is 21.6 Å². The molecule has 0 heterocycles. The van der Waals surface area contributed by atoms with Crippen molar-refractivity contribution in [2.75, 3.05) is 24.9 Å². The molecule has 0 atom stereocenters. The second kappa shape index (κ2) is 8.13. The number of sulfonamides is 1. The first-order valence-corrected chi connectivity index (χ1v) is 9.45. The summed E-state index contributed by atoms with van der Waals surface area (Å²) in [6.07, 6.45) is 0. The van der Waals surface area contributed by atoms with Crippen LogP contribution < -0.4 is 15.4 Å². The minimum absolute atomic E-state index is 0.111. The second-order valence-electron chi connectivity index (χ2n) is 5.74. The highest BCUT2D eigenvalue weighted by Gasteiger charge is 2.16. The molecule has 134 valence electrons. The van der Waals surface area contributed by atoms with Crippen LogP contribution in [0.3, 0.4) is 0 Å². The average Bonchev–Trinajstić information content (AvgIpc) is 2.59. The molecule has 0 aliphatic carbocycles. The topological polar surface area (TPSA) is 87.3 Å². The molecular weight excluding hydrogens is 338 g/mol. The fraction of sp³-hybridized carbons (Fsp3) is 0.278. The number of hydrogen-bond acceptors (Lipinski definition) is 4. The minimum atomic E-state index is -3.71. The Morgan fingerprint density at radius 1 is 1.00 bits per heavy atom. The van der Waals surface area contributed by atoms with Gasteiger partial charge in [-0.2, -0.15) is 0 Å². The molecule has 2 rings (SSSR count). The lowest BCUT2D eigenvalue weighted by molar-refractivity contribution is 0.0954. The fourth-order valence-electron chi connectivity index (χ4n) is 2.25. The van der Waals surface area contributed by atoms with Gasteiger partial charge in [-0.15, -0.1) is 0 Å². The van der Waals surface area contributed by atoms with Crippen LogP contribution in [0.15, 0.2) is 47.4 Å². The van der Waals surface area contributed by atoms with E-state index in [1.54, 1.807) is 19.2 Å². The van der Waals surface area contributed by atoms with E-state index in [0.717, 1.165) is 11.1 Å². The van der Waals surface area contributed by atoms with Crippen molar-refractivity contribution in [1.82, 2.24) is 10.6 Å². The average molecular weight is 361 g/mol. The number of carbonyl (C=O) groups excluding carboxylic acids is 1. The number of carbonyl (C=O) groups is 1. The van der Waals surface area contributed by atoms with Gasteiger partial charge in [0.2, 0.25) is 0 Å². The predicted molar refractivity (Wildman–Crippen MR) is 99.4 cm³/mol. The first-order chi connectivity index (χ1) is 11.8. The SMILES string of the molecule is CNCCNC(=O)c1ccc(S(=O)(=O)Nc2cccc(C)c2C)cc1. The molecule has 1 amide bonds. The number of aryl methyl sites for hydroxylation is 1.